The first kappa shape index (κ1) is 10.0. The highest BCUT2D eigenvalue weighted by Crippen LogP contribution is 2.24. The Balaban J connectivity index is 2.58. The van der Waals surface area contributed by atoms with E-state index in [9.17, 15) is 4.79 Å². The molecule has 1 N–H and O–H groups in total. The molecule has 5 nitrogen and oxygen atoms in total. The summed E-state index contributed by atoms with van der Waals surface area (Å²) in [5.74, 6) is 0.347. The number of aromatic amines is 1. The molecule has 0 saturated carbocycles. The maximum absolute atomic E-state index is 11.8. The molecule has 2 heterocycles. The van der Waals surface area contributed by atoms with Crippen molar-refractivity contribution in [3.05, 3.63) is 40.6 Å². The third-order valence-electron chi connectivity index (χ3n) is 2.93. The van der Waals surface area contributed by atoms with Crippen LogP contribution in [0.2, 0.25) is 0 Å². The topological polar surface area (TPSA) is 63.0 Å². The molecular weight excluding hydrogens is 216 g/mol. The van der Waals surface area contributed by atoms with E-state index in [1.54, 1.807) is 0 Å². The van der Waals surface area contributed by atoms with Gasteiger partial charge in [-0.25, -0.2) is 9.78 Å². The number of H-pyrrole nitrogens is 1. The molecule has 86 valence electrons. The molecule has 2 aromatic heterocycles. The van der Waals surface area contributed by atoms with Gasteiger partial charge in [-0.1, -0.05) is 26.0 Å². The van der Waals surface area contributed by atoms with Gasteiger partial charge in [0.05, 0.1) is 5.52 Å². The number of rotatable bonds is 1. The first-order valence-electron chi connectivity index (χ1n) is 5.53. The second-order valence-corrected chi connectivity index (χ2v) is 4.35. The van der Waals surface area contributed by atoms with Crippen LogP contribution in [0.15, 0.2) is 29.3 Å². The highest BCUT2D eigenvalue weighted by molar-refractivity contribution is 5.93. The van der Waals surface area contributed by atoms with Crippen molar-refractivity contribution in [1.29, 1.82) is 0 Å². The second-order valence-electron chi connectivity index (χ2n) is 4.35. The van der Waals surface area contributed by atoms with Gasteiger partial charge in [0.25, 0.3) is 0 Å². The van der Waals surface area contributed by atoms with E-state index in [1.165, 1.54) is 10.8 Å². The largest absolute Gasteiger partial charge is 0.348 e. The van der Waals surface area contributed by atoms with Gasteiger partial charge in [0.2, 0.25) is 0 Å². The van der Waals surface area contributed by atoms with Gasteiger partial charge < -0.3 is 4.98 Å². The number of para-hydroxylation sites is 1. The van der Waals surface area contributed by atoms with Gasteiger partial charge in [-0.15, -0.1) is 0 Å². The summed E-state index contributed by atoms with van der Waals surface area (Å²) >= 11 is 0. The number of benzene rings is 1. The summed E-state index contributed by atoms with van der Waals surface area (Å²) in [6, 6.07) is 5.95. The number of fused-ring (bicyclic) bond motifs is 3. The minimum Gasteiger partial charge on any atom is -0.305 e. The molecule has 0 aliphatic heterocycles. The average molecular weight is 228 g/mol. The highest BCUT2D eigenvalue weighted by atomic mass is 16.1. The molecule has 0 bridgehead atoms. The lowest BCUT2D eigenvalue weighted by Gasteiger charge is -2.09. The van der Waals surface area contributed by atoms with Crippen LogP contribution in [-0.2, 0) is 0 Å². The molecule has 0 aliphatic rings. The minimum atomic E-state index is -0.252. The van der Waals surface area contributed by atoms with Gasteiger partial charge >= 0.3 is 5.69 Å². The Hall–Kier alpha value is -2.17. The molecule has 0 unspecified atom stereocenters. The van der Waals surface area contributed by atoms with Gasteiger partial charge in [0.15, 0.2) is 5.65 Å². The Morgan fingerprint density at radius 3 is 2.94 bits per heavy atom. The molecule has 0 fully saturated rings. The van der Waals surface area contributed by atoms with E-state index in [0.29, 0.717) is 11.6 Å². The van der Waals surface area contributed by atoms with Gasteiger partial charge in [0.1, 0.15) is 6.33 Å². The Labute approximate surface area is 97.1 Å². The molecular formula is C12H12N4O. The molecule has 0 spiro atoms. The van der Waals surface area contributed by atoms with Crippen molar-refractivity contribution >= 4 is 16.6 Å². The number of hydrogen-bond donors (Lipinski definition) is 1. The second kappa shape index (κ2) is 3.41. The van der Waals surface area contributed by atoms with Crippen LogP contribution in [0.25, 0.3) is 16.6 Å². The summed E-state index contributed by atoms with van der Waals surface area (Å²) in [7, 11) is 0. The van der Waals surface area contributed by atoms with Crippen LogP contribution in [0.4, 0.5) is 0 Å². The fraction of sp³-hybridized carbons (Fsp3) is 0.250. The van der Waals surface area contributed by atoms with Gasteiger partial charge in [0, 0.05) is 5.39 Å². The molecule has 0 aliphatic carbocycles. The molecule has 0 saturated heterocycles. The van der Waals surface area contributed by atoms with E-state index >= 15 is 0 Å². The molecule has 0 atom stereocenters. The third-order valence-corrected chi connectivity index (χ3v) is 2.93. The Morgan fingerprint density at radius 2 is 2.18 bits per heavy atom. The van der Waals surface area contributed by atoms with Crippen LogP contribution in [0.3, 0.4) is 0 Å². The van der Waals surface area contributed by atoms with E-state index < -0.39 is 0 Å². The fourth-order valence-electron chi connectivity index (χ4n) is 2.11. The Morgan fingerprint density at radius 1 is 1.35 bits per heavy atom. The molecule has 3 rings (SSSR count). The van der Waals surface area contributed by atoms with Crippen molar-refractivity contribution in [1.82, 2.24) is 19.6 Å². The van der Waals surface area contributed by atoms with Gasteiger partial charge in [-0.3, -0.25) is 0 Å². The fourth-order valence-corrected chi connectivity index (χ4v) is 2.11. The Kier molecular flexibility index (Phi) is 2.01. The maximum Gasteiger partial charge on any atom is 0.348 e. The zero-order chi connectivity index (χ0) is 12.0. The first-order chi connectivity index (χ1) is 8.18. The summed E-state index contributed by atoms with van der Waals surface area (Å²) < 4.78 is 1.28. The summed E-state index contributed by atoms with van der Waals surface area (Å²) in [5.41, 5.74) is 2.32. The van der Waals surface area contributed by atoms with Crippen LogP contribution in [0.1, 0.15) is 25.3 Å². The maximum atomic E-state index is 11.8. The standard InChI is InChI=1S/C12H12N4O/c1-7(2)8-4-3-5-9-10(8)15-12(17)16-11(9)13-6-14-16/h3-7H,1-2H3,(H,15,17). The third kappa shape index (κ3) is 1.35. The van der Waals surface area contributed by atoms with Crippen molar-refractivity contribution in [2.45, 2.75) is 19.8 Å². The molecule has 0 amide bonds. The van der Waals surface area contributed by atoms with Crippen molar-refractivity contribution < 1.29 is 0 Å². The molecule has 5 heteroatoms. The highest BCUT2D eigenvalue weighted by Gasteiger charge is 2.11. The molecule has 1 aromatic carbocycles. The van der Waals surface area contributed by atoms with Crippen LogP contribution in [0, 0.1) is 0 Å². The first-order valence-corrected chi connectivity index (χ1v) is 5.53. The summed E-state index contributed by atoms with van der Waals surface area (Å²) in [4.78, 5) is 18.8. The normalized spacial score (nSPS) is 11.7. The predicted molar refractivity (Wildman–Crippen MR) is 65.2 cm³/mol. The van der Waals surface area contributed by atoms with E-state index in [-0.39, 0.29) is 5.69 Å². The summed E-state index contributed by atoms with van der Waals surface area (Å²) in [6.45, 7) is 4.20. The van der Waals surface area contributed by atoms with Crippen molar-refractivity contribution in [2.75, 3.05) is 0 Å². The summed E-state index contributed by atoms with van der Waals surface area (Å²) in [6.07, 6.45) is 1.39. The lowest BCUT2D eigenvalue weighted by Crippen LogP contribution is -2.18. The van der Waals surface area contributed by atoms with E-state index in [1.807, 2.05) is 18.2 Å². The van der Waals surface area contributed by atoms with Crippen LogP contribution < -0.4 is 5.69 Å². The van der Waals surface area contributed by atoms with Crippen LogP contribution >= 0.6 is 0 Å². The van der Waals surface area contributed by atoms with Crippen LogP contribution in [-0.4, -0.2) is 19.6 Å². The molecule has 0 radical (unpaired) electrons. The zero-order valence-electron chi connectivity index (χ0n) is 9.64. The lowest BCUT2D eigenvalue weighted by atomic mass is 10.0. The Bertz CT molecular complexity index is 754. The monoisotopic (exact) mass is 228 g/mol. The van der Waals surface area contributed by atoms with Crippen LogP contribution in [0.5, 0.6) is 0 Å². The van der Waals surface area contributed by atoms with E-state index in [0.717, 1.165) is 16.5 Å². The van der Waals surface area contributed by atoms with E-state index in [4.69, 9.17) is 0 Å². The van der Waals surface area contributed by atoms with Gasteiger partial charge in [-0.2, -0.15) is 9.61 Å². The van der Waals surface area contributed by atoms with Crippen molar-refractivity contribution in [2.24, 2.45) is 0 Å². The van der Waals surface area contributed by atoms with E-state index in [2.05, 4.69) is 28.9 Å². The van der Waals surface area contributed by atoms with Crippen molar-refractivity contribution in [3.63, 3.8) is 0 Å². The zero-order valence-corrected chi connectivity index (χ0v) is 9.64. The SMILES string of the molecule is CC(C)c1cccc2c1[nH]c(=O)n1ncnc21. The lowest BCUT2D eigenvalue weighted by molar-refractivity contribution is 0.855. The van der Waals surface area contributed by atoms with Gasteiger partial charge in [-0.05, 0) is 17.5 Å². The average Bonchev–Trinajstić information content (AvgIpc) is 2.78. The number of hydrogen-bond acceptors (Lipinski definition) is 3. The quantitative estimate of drug-likeness (QED) is 0.689. The van der Waals surface area contributed by atoms with Crippen molar-refractivity contribution in [3.8, 4) is 0 Å². The summed E-state index contributed by atoms with van der Waals surface area (Å²) in [5, 5.41) is 4.83. The number of aromatic nitrogens is 4. The predicted octanol–water partition coefficient (Wildman–Crippen LogP) is 1.69. The molecule has 17 heavy (non-hydrogen) atoms. The molecule has 3 aromatic rings. The number of nitrogens with one attached hydrogen (secondary N) is 1. The minimum absolute atomic E-state index is 0.252. The number of nitrogens with zero attached hydrogens (tertiary/aromatic N) is 3. The smallest absolute Gasteiger partial charge is 0.305 e.